The summed E-state index contributed by atoms with van der Waals surface area (Å²) in [6.45, 7) is 2.20. The van der Waals surface area contributed by atoms with Gasteiger partial charge in [-0.15, -0.1) is 11.3 Å². The van der Waals surface area contributed by atoms with Crippen molar-refractivity contribution in [3.05, 3.63) is 45.6 Å². The third-order valence-corrected chi connectivity index (χ3v) is 4.49. The molecule has 3 aromatic rings. The van der Waals surface area contributed by atoms with Crippen LogP contribution in [0.4, 0.5) is 5.82 Å². The lowest BCUT2D eigenvalue weighted by Gasteiger charge is -2.18. The monoisotopic (exact) mass is 350 g/mol. The van der Waals surface area contributed by atoms with Crippen molar-refractivity contribution < 1.29 is 0 Å². The lowest BCUT2D eigenvalue weighted by molar-refractivity contribution is 0.684. The number of halogens is 1. The predicted octanol–water partition coefficient (Wildman–Crippen LogP) is 4.51. The van der Waals surface area contributed by atoms with E-state index in [4.69, 9.17) is 0 Å². The minimum atomic E-state index is 0.280. The molecule has 0 saturated heterocycles. The molecule has 1 N–H and O–H groups in total. The maximum Gasteiger partial charge on any atom is 0.180 e. The van der Waals surface area contributed by atoms with Crippen molar-refractivity contribution in [1.82, 2.24) is 14.4 Å². The zero-order valence-corrected chi connectivity index (χ0v) is 13.5. The van der Waals surface area contributed by atoms with Crippen LogP contribution in [-0.2, 0) is 0 Å². The summed E-state index contributed by atoms with van der Waals surface area (Å²) in [7, 11) is 0. The van der Waals surface area contributed by atoms with Crippen LogP contribution in [-0.4, -0.2) is 14.4 Å². The van der Waals surface area contributed by atoms with E-state index < -0.39 is 0 Å². The van der Waals surface area contributed by atoms with Gasteiger partial charge in [0.2, 0.25) is 0 Å². The fraction of sp³-hybridized carbons (Fsp3) is 0.286. The lowest BCUT2D eigenvalue weighted by atomic mass is 10.1. The van der Waals surface area contributed by atoms with Crippen LogP contribution >= 0.6 is 27.3 Å². The predicted molar refractivity (Wildman–Crippen MR) is 86.3 cm³/mol. The number of fused-ring (bicyclic) bond motifs is 1. The molecular weight excluding hydrogens is 336 g/mol. The van der Waals surface area contributed by atoms with Crippen molar-refractivity contribution in [2.45, 2.75) is 25.8 Å². The second-order valence-electron chi connectivity index (χ2n) is 4.57. The molecule has 0 fully saturated rings. The molecule has 104 valence electrons. The van der Waals surface area contributed by atoms with E-state index in [1.54, 1.807) is 17.5 Å². The van der Waals surface area contributed by atoms with Crippen LogP contribution < -0.4 is 5.32 Å². The van der Waals surface area contributed by atoms with Crippen molar-refractivity contribution in [2.24, 2.45) is 0 Å². The molecule has 0 aliphatic heterocycles. The highest BCUT2D eigenvalue weighted by Crippen LogP contribution is 2.28. The van der Waals surface area contributed by atoms with Crippen LogP contribution in [0, 0.1) is 0 Å². The lowest BCUT2D eigenvalue weighted by Crippen LogP contribution is -2.11. The summed E-state index contributed by atoms with van der Waals surface area (Å²) >= 11 is 5.22. The first kappa shape index (κ1) is 13.6. The maximum atomic E-state index is 4.53. The molecule has 0 spiro atoms. The van der Waals surface area contributed by atoms with Gasteiger partial charge >= 0.3 is 0 Å². The first-order valence-electron chi connectivity index (χ1n) is 6.57. The van der Waals surface area contributed by atoms with Crippen molar-refractivity contribution in [3.63, 3.8) is 0 Å². The Morgan fingerprint density at radius 2 is 2.40 bits per heavy atom. The van der Waals surface area contributed by atoms with Crippen molar-refractivity contribution in [2.75, 3.05) is 5.32 Å². The highest BCUT2D eigenvalue weighted by atomic mass is 79.9. The van der Waals surface area contributed by atoms with Crippen LogP contribution in [0.5, 0.6) is 0 Å². The van der Waals surface area contributed by atoms with Crippen LogP contribution in [0.3, 0.4) is 0 Å². The second-order valence-corrected chi connectivity index (χ2v) is 6.36. The summed E-state index contributed by atoms with van der Waals surface area (Å²) in [5, 5.41) is 5.65. The van der Waals surface area contributed by atoms with Crippen LogP contribution in [0.15, 0.2) is 40.7 Å². The first-order chi connectivity index (χ1) is 9.78. The summed E-state index contributed by atoms with van der Waals surface area (Å²) < 4.78 is 2.77. The molecular formula is C14H15BrN4S. The van der Waals surface area contributed by atoms with Gasteiger partial charge < -0.3 is 9.72 Å². The van der Waals surface area contributed by atoms with Gasteiger partial charge in [-0.3, -0.25) is 0 Å². The van der Waals surface area contributed by atoms with E-state index in [-0.39, 0.29) is 6.04 Å². The average molecular weight is 351 g/mol. The average Bonchev–Trinajstić information content (AvgIpc) is 3.08. The van der Waals surface area contributed by atoms with E-state index in [0.717, 1.165) is 28.9 Å². The number of hydrogen-bond acceptors (Lipinski definition) is 4. The van der Waals surface area contributed by atoms with Gasteiger partial charge in [-0.1, -0.05) is 19.4 Å². The molecule has 0 aliphatic carbocycles. The Hall–Kier alpha value is -1.40. The summed E-state index contributed by atoms with van der Waals surface area (Å²) in [6, 6.07) is 4.53. The molecule has 3 heterocycles. The quantitative estimate of drug-likeness (QED) is 0.736. The Morgan fingerprint density at radius 1 is 1.50 bits per heavy atom. The van der Waals surface area contributed by atoms with Crippen LogP contribution in [0.25, 0.3) is 5.65 Å². The van der Waals surface area contributed by atoms with E-state index >= 15 is 0 Å². The number of anilines is 1. The molecule has 0 aliphatic rings. The molecule has 0 amide bonds. The SMILES string of the molecule is CCCC(Nc1nc(Br)cn2ccnc12)c1cccs1. The molecule has 0 aromatic carbocycles. The minimum Gasteiger partial charge on any atom is -0.359 e. The molecule has 0 radical (unpaired) electrons. The van der Waals surface area contributed by atoms with Crippen molar-refractivity contribution >= 4 is 38.7 Å². The minimum absolute atomic E-state index is 0.280. The van der Waals surface area contributed by atoms with E-state index in [1.165, 1.54) is 4.88 Å². The van der Waals surface area contributed by atoms with E-state index in [2.05, 4.69) is 55.7 Å². The molecule has 20 heavy (non-hydrogen) atoms. The van der Waals surface area contributed by atoms with Crippen LogP contribution in [0.2, 0.25) is 0 Å². The van der Waals surface area contributed by atoms with Crippen molar-refractivity contribution in [3.8, 4) is 0 Å². The largest absolute Gasteiger partial charge is 0.359 e. The highest BCUT2D eigenvalue weighted by Gasteiger charge is 2.15. The number of nitrogens with zero attached hydrogens (tertiary/aromatic N) is 3. The maximum absolute atomic E-state index is 4.53. The van der Waals surface area contributed by atoms with E-state index in [0.29, 0.717) is 0 Å². The molecule has 1 atom stereocenters. The van der Waals surface area contributed by atoms with E-state index in [1.807, 2.05) is 16.8 Å². The van der Waals surface area contributed by atoms with Gasteiger partial charge in [0.1, 0.15) is 4.60 Å². The number of nitrogens with one attached hydrogen (secondary N) is 1. The van der Waals surface area contributed by atoms with Gasteiger partial charge in [0.05, 0.1) is 6.04 Å². The zero-order valence-electron chi connectivity index (χ0n) is 11.1. The second kappa shape index (κ2) is 5.93. The number of aromatic nitrogens is 3. The van der Waals surface area contributed by atoms with Gasteiger partial charge in [0.25, 0.3) is 0 Å². The van der Waals surface area contributed by atoms with Gasteiger partial charge in [-0.05, 0) is 33.8 Å². The Bertz CT molecular complexity index is 692. The zero-order chi connectivity index (χ0) is 13.9. The summed E-state index contributed by atoms with van der Waals surface area (Å²) in [5.74, 6) is 0.816. The normalized spacial score (nSPS) is 12.7. The fourth-order valence-corrected chi connectivity index (χ4v) is 3.44. The molecule has 0 saturated carbocycles. The Morgan fingerprint density at radius 3 is 3.15 bits per heavy atom. The Balaban J connectivity index is 1.96. The molecule has 3 aromatic heterocycles. The topological polar surface area (TPSA) is 42.2 Å². The first-order valence-corrected chi connectivity index (χ1v) is 8.24. The standard InChI is InChI=1S/C14H15BrN4S/c1-2-4-10(11-5-3-8-20-11)17-13-14-16-6-7-19(14)9-12(15)18-13/h3,5-10H,2,4H2,1H3,(H,17,18). The molecule has 0 bridgehead atoms. The van der Waals surface area contributed by atoms with E-state index in [9.17, 15) is 0 Å². The Kier molecular flexibility index (Phi) is 4.03. The molecule has 1 unspecified atom stereocenters. The van der Waals surface area contributed by atoms with Gasteiger partial charge in [-0.25, -0.2) is 9.97 Å². The third-order valence-electron chi connectivity index (χ3n) is 3.12. The molecule has 3 rings (SSSR count). The molecule has 6 heteroatoms. The molecule has 4 nitrogen and oxygen atoms in total. The van der Waals surface area contributed by atoms with Crippen molar-refractivity contribution in [1.29, 1.82) is 0 Å². The highest BCUT2D eigenvalue weighted by molar-refractivity contribution is 9.10. The van der Waals surface area contributed by atoms with Gasteiger partial charge in [0.15, 0.2) is 11.5 Å². The summed E-state index contributed by atoms with van der Waals surface area (Å²) in [5.41, 5.74) is 0.853. The fourth-order valence-electron chi connectivity index (χ4n) is 2.23. The summed E-state index contributed by atoms with van der Waals surface area (Å²) in [6.07, 6.45) is 7.81. The van der Waals surface area contributed by atoms with Gasteiger partial charge in [-0.2, -0.15) is 0 Å². The smallest absolute Gasteiger partial charge is 0.180 e. The van der Waals surface area contributed by atoms with Gasteiger partial charge in [0, 0.05) is 23.5 Å². The number of rotatable bonds is 5. The number of hydrogen-bond donors (Lipinski definition) is 1. The number of imidazole rings is 1. The Labute approximate surface area is 130 Å². The summed E-state index contributed by atoms with van der Waals surface area (Å²) in [4.78, 5) is 10.2. The number of thiophene rings is 1. The van der Waals surface area contributed by atoms with Crippen LogP contribution in [0.1, 0.15) is 30.7 Å². The third kappa shape index (κ3) is 2.71.